The van der Waals surface area contributed by atoms with Gasteiger partial charge in [0.2, 0.25) is 0 Å². The summed E-state index contributed by atoms with van der Waals surface area (Å²) in [6, 6.07) is 42.0. The number of pyridine rings is 2. The van der Waals surface area contributed by atoms with Crippen molar-refractivity contribution in [3.8, 4) is 22.3 Å². The van der Waals surface area contributed by atoms with Crippen LogP contribution in [-0.4, -0.2) is 52.0 Å². The van der Waals surface area contributed by atoms with E-state index >= 15 is 0 Å². The lowest BCUT2D eigenvalue weighted by atomic mass is 9.82. The maximum absolute atomic E-state index is 11.8. The molecule has 0 aliphatic rings. The number of carboxylic acid groups (broad SMARTS) is 1. The van der Waals surface area contributed by atoms with Gasteiger partial charge in [0, 0.05) is 28.9 Å². The van der Waals surface area contributed by atoms with Crippen molar-refractivity contribution in [3.63, 3.8) is 0 Å². The van der Waals surface area contributed by atoms with Crippen molar-refractivity contribution < 1.29 is 15.0 Å². The van der Waals surface area contributed by atoms with Crippen LogP contribution in [-0.2, 0) is 26.5 Å². The van der Waals surface area contributed by atoms with Crippen molar-refractivity contribution >= 4 is 17.3 Å². The number of nitrogens with zero attached hydrogens (tertiary/aromatic N) is 6. The molecule has 0 radical (unpaired) electrons. The van der Waals surface area contributed by atoms with Gasteiger partial charge in [-0.25, -0.2) is 0 Å². The second-order valence-electron chi connectivity index (χ2n) is 18.4. The Hall–Kier alpha value is -6.45. The van der Waals surface area contributed by atoms with Crippen LogP contribution in [0.1, 0.15) is 100 Å². The van der Waals surface area contributed by atoms with Crippen LogP contribution in [0, 0.1) is 13.8 Å². The fraction of sp³-hybridized carbons (Fsp3) is 0.288. The molecule has 2 N–H and O–H groups in total. The third-order valence-electron chi connectivity index (χ3n) is 12.3. The van der Waals surface area contributed by atoms with Crippen LogP contribution in [0.3, 0.4) is 0 Å². The van der Waals surface area contributed by atoms with Crippen molar-refractivity contribution in [3.05, 3.63) is 179 Å². The number of hydrogen-bond donors (Lipinski definition) is 2. The van der Waals surface area contributed by atoms with E-state index in [0.29, 0.717) is 11.2 Å². The highest BCUT2D eigenvalue weighted by Gasteiger charge is 2.35. The van der Waals surface area contributed by atoms with E-state index in [1.165, 1.54) is 33.4 Å². The van der Waals surface area contributed by atoms with E-state index in [2.05, 4.69) is 163 Å². The van der Waals surface area contributed by atoms with Gasteiger partial charge in [0.1, 0.15) is 11.6 Å². The fourth-order valence-corrected chi connectivity index (χ4v) is 7.81. The van der Waals surface area contributed by atoms with Gasteiger partial charge in [0.15, 0.2) is 11.3 Å². The number of benzene rings is 4. The number of fused-ring (bicyclic) bond motifs is 2. The molecule has 0 fully saturated rings. The summed E-state index contributed by atoms with van der Waals surface area (Å²) in [6.07, 6.45) is 3.90. The van der Waals surface area contributed by atoms with Gasteiger partial charge in [-0.05, 0) is 101 Å². The van der Waals surface area contributed by atoms with E-state index in [4.69, 9.17) is 0 Å². The molecule has 8 aromatic rings. The molecule has 312 valence electrons. The van der Waals surface area contributed by atoms with Gasteiger partial charge >= 0.3 is 5.97 Å². The van der Waals surface area contributed by atoms with Crippen LogP contribution in [0.15, 0.2) is 134 Å². The molecule has 4 heterocycles. The minimum atomic E-state index is -1.06. The Morgan fingerprint density at radius 3 is 1.21 bits per heavy atom. The zero-order valence-electron chi connectivity index (χ0n) is 36.9. The zero-order valence-corrected chi connectivity index (χ0v) is 36.9. The van der Waals surface area contributed by atoms with Gasteiger partial charge in [-0.15, -0.1) is 20.4 Å². The Morgan fingerprint density at radius 2 is 0.852 bits per heavy atom. The Balaban J connectivity index is 0.000000184. The summed E-state index contributed by atoms with van der Waals surface area (Å²) in [4.78, 5) is 11.8. The predicted octanol–water partition coefficient (Wildman–Crippen LogP) is 10.7. The summed E-state index contributed by atoms with van der Waals surface area (Å²) in [5, 5.41) is 37.4. The molecule has 4 aromatic heterocycles. The van der Waals surface area contributed by atoms with Crippen molar-refractivity contribution in [1.29, 1.82) is 0 Å². The Labute approximate surface area is 358 Å². The second kappa shape index (κ2) is 16.2. The average Bonchev–Trinajstić information content (AvgIpc) is 3.91. The summed E-state index contributed by atoms with van der Waals surface area (Å²) in [7, 11) is 0. The monoisotopic (exact) mass is 812 g/mol. The first-order valence-electron chi connectivity index (χ1n) is 20.7. The molecular formula is C52H56N6O3. The standard InChI is InChI=1S/C26H27N3O2.C26H29N3O/c1-17-8-10-18(11-9-17)19-12-14-20(15-13-19)25(2,3)23-28-27-22-21(7-6-16-29(22)23)26(4,5)24(30)31;1-18-8-10-19(11-9-18)20-12-14-21(15-13-20)26(4,5)24-28-27-23-22(25(2,3)17-30)7-6-16-29(23)24/h6-16H,1-5H3,(H,30,31);6-16,30H,17H2,1-5H3. The molecule has 0 saturated heterocycles. The van der Waals surface area contributed by atoms with Crippen molar-refractivity contribution in [2.24, 2.45) is 0 Å². The Bertz CT molecular complexity index is 2810. The largest absolute Gasteiger partial charge is 0.481 e. The van der Waals surface area contributed by atoms with Gasteiger partial charge < -0.3 is 10.2 Å². The van der Waals surface area contributed by atoms with Gasteiger partial charge in [-0.2, -0.15) is 0 Å². The molecular weight excluding hydrogens is 757 g/mol. The van der Waals surface area contributed by atoms with Crippen LogP contribution >= 0.6 is 0 Å². The first kappa shape index (κ1) is 42.7. The fourth-order valence-electron chi connectivity index (χ4n) is 7.81. The highest BCUT2D eigenvalue weighted by atomic mass is 16.4. The first-order chi connectivity index (χ1) is 28.9. The number of carboxylic acids is 1. The third kappa shape index (κ3) is 8.10. The first-order valence-corrected chi connectivity index (χ1v) is 20.7. The topological polar surface area (TPSA) is 118 Å². The minimum Gasteiger partial charge on any atom is -0.481 e. The lowest BCUT2D eigenvalue weighted by molar-refractivity contribution is -0.142. The second-order valence-corrected chi connectivity index (χ2v) is 18.4. The van der Waals surface area contributed by atoms with E-state index in [-0.39, 0.29) is 17.4 Å². The van der Waals surface area contributed by atoms with E-state index < -0.39 is 16.8 Å². The molecule has 0 aliphatic carbocycles. The lowest BCUT2D eigenvalue weighted by Crippen LogP contribution is -2.29. The number of hydrogen-bond acceptors (Lipinski definition) is 6. The quantitative estimate of drug-likeness (QED) is 0.141. The third-order valence-corrected chi connectivity index (χ3v) is 12.3. The molecule has 9 nitrogen and oxygen atoms in total. The predicted molar refractivity (Wildman–Crippen MR) is 244 cm³/mol. The van der Waals surface area contributed by atoms with Crippen molar-refractivity contribution in [2.75, 3.05) is 6.61 Å². The molecule has 0 aliphatic heterocycles. The highest BCUT2D eigenvalue weighted by molar-refractivity contribution is 5.83. The summed E-state index contributed by atoms with van der Waals surface area (Å²) in [5.41, 5.74) is 10.4. The van der Waals surface area contributed by atoms with Crippen LogP contribution in [0.2, 0.25) is 0 Å². The van der Waals surface area contributed by atoms with E-state index in [0.717, 1.165) is 34.0 Å². The summed E-state index contributed by atoms with van der Waals surface area (Å²) >= 11 is 0. The molecule has 0 saturated carbocycles. The van der Waals surface area contributed by atoms with E-state index in [9.17, 15) is 15.0 Å². The van der Waals surface area contributed by atoms with Crippen molar-refractivity contribution in [1.82, 2.24) is 29.2 Å². The van der Waals surface area contributed by atoms with Gasteiger partial charge in [-0.1, -0.05) is 134 Å². The molecule has 0 unspecified atom stereocenters. The number of aryl methyl sites for hydroxylation is 2. The van der Waals surface area contributed by atoms with Gasteiger partial charge in [-0.3, -0.25) is 13.6 Å². The lowest BCUT2D eigenvalue weighted by Gasteiger charge is -2.25. The molecule has 0 bridgehead atoms. The number of aliphatic carboxylic acids is 1. The Kier molecular flexibility index (Phi) is 11.3. The van der Waals surface area contributed by atoms with Gasteiger partial charge in [0.25, 0.3) is 0 Å². The number of aliphatic hydroxyl groups is 1. The van der Waals surface area contributed by atoms with E-state index in [1.54, 1.807) is 13.8 Å². The molecule has 0 spiro atoms. The number of carbonyl (C=O) groups is 1. The normalized spacial score (nSPS) is 12.4. The molecule has 0 atom stereocenters. The van der Waals surface area contributed by atoms with E-state index in [1.807, 2.05) is 54.9 Å². The van der Waals surface area contributed by atoms with Crippen LogP contribution < -0.4 is 0 Å². The zero-order chi connectivity index (χ0) is 43.9. The molecule has 9 heteroatoms. The molecule has 61 heavy (non-hydrogen) atoms. The highest BCUT2D eigenvalue weighted by Crippen LogP contribution is 2.36. The SMILES string of the molecule is Cc1ccc(-c2ccc(C(C)(C)c3nnc4c(C(C)(C)C(=O)O)cccn34)cc2)cc1.Cc1ccc(-c2ccc(C(C)(C)c3nnc4c(C(C)(C)CO)cccn34)cc2)cc1. The van der Waals surface area contributed by atoms with Crippen LogP contribution in [0.4, 0.5) is 0 Å². The number of rotatable bonds is 10. The molecule has 8 rings (SSSR count). The minimum absolute atomic E-state index is 0.0543. The molecule has 4 aromatic carbocycles. The van der Waals surface area contributed by atoms with Crippen molar-refractivity contribution in [2.45, 2.75) is 90.9 Å². The number of aliphatic hydroxyl groups excluding tert-OH is 1. The maximum Gasteiger partial charge on any atom is 0.313 e. The smallest absolute Gasteiger partial charge is 0.313 e. The van der Waals surface area contributed by atoms with Crippen LogP contribution in [0.5, 0.6) is 0 Å². The summed E-state index contributed by atoms with van der Waals surface area (Å²) in [6.45, 7) is 20.2. The summed E-state index contributed by atoms with van der Waals surface area (Å²) < 4.78 is 3.97. The van der Waals surface area contributed by atoms with Crippen LogP contribution in [0.25, 0.3) is 33.5 Å². The van der Waals surface area contributed by atoms with Gasteiger partial charge in [0.05, 0.1) is 22.9 Å². The average molecular weight is 813 g/mol. The summed E-state index contributed by atoms with van der Waals surface area (Å²) in [5.74, 6) is 0.765. The Morgan fingerprint density at radius 1 is 0.508 bits per heavy atom. The maximum atomic E-state index is 11.8. The molecule has 0 amide bonds. The number of aromatic nitrogens is 6.